The first kappa shape index (κ1) is 6.09. The van der Waals surface area contributed by atoms with Gasteiger partial charge in [-0.25, -0.2) is 0 Å². The second-order valence-electron chi connectivity index (χ2n) is 2.37. The second kappa shape index (κ2) is 1.91. The number of fused-ring (bicyclic) bond motifs is 1. The molecule has 5 heteroatoms. The van der Waals surface area contributed by atoms with E-state index in [2.05, 4.69) is 10.7 Å². The van der Waals surface area contributed by atoms with Gasteiger partial charge in [-0.2, -0.15) is 0 Å². The Balaban J connectivity index is 2.52. The van der Waals surface area contributed by atoms with Crippen molar-refractivity contribution in [2.45, 2.75) is 0 Å². The minimum absolute atomic E-state index is 0.0968. The monoisotopic (exact) mass is 152 g/mol. The van der Waals surface area contributed by atoms with Gasteiger partial charge in [0, 0.05) is 6.20 Å². The van der Waals surface area contributed by atoms with E-state index in [0.29, 0.717) is 18.1 Å². The normalized spacial score (nSPS) is 15.1. The lowest BCUT2D eigenvalue weighted by molar-refractivity contribution is 0.0936. The standard InChI is InChI=1S/C6H8N4O/c7-4-1-5-6(11)8-3-9-10(5)2-4/h1-2,9H,3,7H2,(H,8,11). The summed E-state index contributed by atoms with van der Waals surface area (Å²) in [6, 6.07) is 1.63. The van der Waals surface area contributed by atoms with Crippen molar-refractivity contribution >= 4 is 11.6 Å². The van der Waals surface area contributed by atoms with Gasteiger partial charge in [0.1, 0.15) is 12.4 Å². The third-order valence-corrected chi connectivity index (χ3v) is 1.57. The summed E-state index contributed by atoms with van der Waals surface area (Å²) in [5.41, 5.74) is 9.54. The molecule has 2 rings (SSSR count). The van der Waals surface area contributed by atoms with Crippen LogP contribution in [0.5, 0.6) is 0 Å². The summed E-state index contributed by atoms with van der Waals surface area (Å²) < 4.78 is 1.62. The highest BCUT2D eigenvalue weighted by Crippen LogP contribution is 2.09. The van der Waals surface area contributed by atoms with Gasteiger partial charge in [0.05, 0.1) is 5.69 Å². The average Bonchev–Trinajstić information content (AvgIpc) is 2.31. The van der Waals surface area contributed by atoms with Gasteiger partial charge < -0.3 is 16.5 Å². The molecule has 2 heterocycles. The zero-order valence-electron chi connectivity index (χ0n) is 5.79. The maximum absolute atomic E-state index is 11.1. The number of nitrogens with one attached hydrogen (secondary N) is 2. The summed E-state index contributed by atoms with van der Waals surface area (Å²) >= 11 is 0. The fourth-order valence-corrected chi connectivity index (χ4v) is 1.08. The first-order valence-corrected chi connectivity index (χ1v) is 3.27. The Hall–Kier alpha value is -1.65. The molecule has 0 aliphatic carbocycles. The molecule has 0 aromatic carbocycles. The second-order valence-corrected chi connectivity index (χ2v) is 2.37. The van der Waals surface area contributed by atoms with Gasteiger partial charge in [0.2, 0.25) is 0 Å². The van der Waals surface area contributed by atoms with Crippen LogP contribution < -0.4 is 16.5 Å². The molecule has 1 aliphatic rings. The first-order chi connectivity index (χ1) is 5.27. The number of aromatic nitrogens is 1. The topological polar surface area (TPSA) is 72.1 Å². The highest BCUT2D eigenvalue weighted by Gasteiger charge is 2.15. The Kier molecular flexibility index (Phi) is 1.06. The van der Waals surface area contributed by atoms with Crippen molar-refractivity contribution in [1.82, 2.24) is 9.99 Å². The Morgan fingerprint density at radius 1 is 1.64 bits per heavy atom. The summed E-state index contributed by atoms with van der Waals surface area (Å²) in [6.07, 6.45) is 1.67. The van der Waals surface area contributed by atoms with Crippen molar-refractivity contribution in [2.24, 2.45) is 0 Å². The largest absolute Gasteiger partial charge is 0.397 e. The molecular weight excluding hydrogens is 144 g/mol. The van der Waals surface area contributed by atoms with Crippen LogP contribution in [0.25, 0.3) is 0 Å². The Bertz CT molecular complexity index is 304. The summed E-state index contributed by atoms with van der Waals surface area (Å²) in [4.78, 5) is 11.1. The molecule has 1 aromatic rings. The molecule has 11 heavy (non-hydrogen) atoms. The molecule has 0 atom stereocenters. The van der Waals surface area contributed by atoms with Crippen molar-refractivity contribution in [1.29, 1.82) is 0 Å². The van der Waals surface area contributed by atoms with Gasteiger partial charge in [-0.05, 0) is 6.07 Å². The van der Waals surface area contributed by atoms with E-state index in [4.69, 9.17) is 5.73 Å². The van der Waals surface area contributed by atoms with Crippen LogP contribution in [0.1, 0.15) is 10.5 Å². The first-order valence-electron chi connectivity index (χ1n) is 3.27. The minimum atomic E-state index is -0.0968. The molecule has 0 fully saturated rings. The third-order valence-electron chi connectivity index (χ3n) is 1.57. The van der Waals surface area contributed by atoms with Gasteiger partial charge in [0.15, 0.2) is 0 Å². The SMILES string of the molecule is Nc1cc2n(c1)NCNC2=O. The van der Waals surface area contributed by atoms with Crippen LogP contribution in [0.2, 0.25) is 0 Å². The molecule has 5 nitrogen and oxygen atoms in total. The maximum atomic E-state index is 11.1. The van der Waals surface area contributed by atoms with E-state index in [9.17, 15) is 4.79 Å². The van der Waals surface area contributed by atoms with Crippen LogP contribution in [0.15, 0.2) is 12.3 Å². The van der Waals surface area contributed by atoms with E-state index in [-0.39, 0.29) is 5.91 Å². The number of amides is 1. The predicted octanol–water partition coefficient (Wildman–Crippen LogP) is -0.685. The summed E-state index contributed by atoms with van der Waals surface area (Å²) in [6.45, 7) is 0.444. The number of hydrogen-bond donors (Lipinski definition) is 3. The maximum Gasteiger partial charge on any atom is 0.271 e. The predicted molar refractivity (Wildman–Crippen MR) is 40.5 cm³/mol. The van der Waals surface area contributed by atoms with Crippen LogP contribution in [-0.2, 0) is 0 Å². The third kappa shape index (κ3) is 0.813. The Morgan fingerprint density at radius 3 is 3.18 bits per heavy atom. The molecule has 0 bridgehead atoms. The van der Waals surface area contributed by atoms with Crippen LogP contribution in [0.3, 0.4) is 0 Å². The molecule has 1 aromatic heterocycles. The van der Waals surface area contributed by atoms with E-state index in [1.54, 1.807) is 16.9 Å². The van der Waals surface area contributed by atoms with E-state index in [0.717, 1.165) is 0 Å². The number of carbonyl (C=O) groups is 1. The summed E-state index contributed by atoms with van der Waals surface area (Å²) in [5, 5.41) is 2.63. The van der Waals surface area contributed by atoms with Crippen molar-refractivity contribution in [3.63, 3.8) is 0 Å². The molecular formula is C6H8N4O. The highest BCUT2D eigenvalue weighted by atomic mass is 16.2. The average molecular weight is 152 g/mol. The van der Waals surface area contributed by atoms with Crippen molar-refractivity contribution < 1.29 is 4.79 Å². The van der Waals surface area contributed by atoms with Gasteiger partial charge >= 0.3 is 0 Å². The van der Waals surface area contributed by atoms with E-state index in [1.165, 1.54) is 0 Å². The lowest BCUT2D eigenvalue weighted by Crippen LogP contribution is -2.40. The molecule has 0 radical (unpaired) electrons. The zero-order valence-corrected chi connectivity index (χ0v) is 5.79. The number of carbonyl (C=O) groups excluding carboxylic acids is 1. The van der Waals surface area contributed by atoms with Gasteiger partial charge in [-0.15, -0.1) is 0 Å². The van der Waals surface area contributed by atoms with Gasteiger partial charge in [0.25, 0.3) is 5.91 Å². The molecule has 0 unspecified atom stereocenters. The number of rotatable bonds is 0. The number of nitrogens with two attached hydrogens (primary N) is 1. The zero-order chi connectivity index (χ0) is 7.84. The molecule has 1 amide bonds. The van der Waals surface area contributed by atoms with E-state index in [1.807, 2.05) is 0 Å². The van der Waals surface area contributed by atoms with Crippen LogP contribution >= 0.6 is 0 Å². The lowest BCUT2D eigenvalue weighted by atomic mass is 10.4. The lowest BCUT2D eigenvalue weighted by Gasteiger charge is -2.17. The van der Waals surface area contributed by atoms with Crippen molar-refractivity contribution in [3.05, 3.63) is 18.0 Å². The highest BCUT2D eigenvalue weighted by molar-refractivity contribution is 5.94. The summed E-state index contributed by atoms with van der Waals surface area (Å²) in [7, 11) is 0. The number of anilines is 1. The molecule has 4 N–H and O–H groups in total. The smallest absolute Gasteiger partial charge is 0.271 e. The van der Waals surface area contributed by atoms with Crippen LogP contribution in [0.4, 0.5) is 5.69 Å². The van der Waals surface area contributed by atoms with Crippen LogP contribution in [-0.4, -0.2) is 17.3 Å². The Labute approximate surface area is 63.1 Å². The van der Waals surface area contributed by atoms with Crippen molar-refractivity contribution in [3.8, 4) is 0 Å². The molecule has 0 saturated heterocycles. The fourth-order valence-electron chi connectivity index (χ4n) is 1.08. The van der Waals surface area contributed by atoms with Gasteiger partial charge in [-0.1, -0.05) is 0 Å². The molecule has 58 valence electrons. The van der Waals surface area contributed by atoms with Crippen LogP contribution in [0, 0.1) is 0 Å². The van der Waals surface area contributed by atoms with Crippen molar-refractivity contribution in [2.75, 3.05) is 17.8 Å². The Morgan fingerprint density at radius 2 is 2.45 bits per heavy atom. The fraction of sp³-hybridized carbons (Fsp3) is 0.167. The number of nitrogens with zero attached hydrogens (tertiary/aromatic N) is 1. The number of hydrogen-bond acceptors (Lipinski definition) is 3. The molecule has 0 saturated carbocycles. The quantitative estimate of drug-likeness (QED) is 0.461. The summed E-state index contributed by atoms with van der Waals surface area (Å²) in [5.74, 6) is -0.0968. The minimum Gasteiger partial charge on any atom is -0.397 e. The van der Waals surface area contributed by atoms with Gasteiger partial charge in [-0.3, -0.25) is 9.47 Å². The number of nitrogen functional groups attached to an aromatic ring is 1. The molecule has 1 aliphatic heterocycles. The van der Waals surface area contributed by atoms with E-state index < -0.39 is 0 Å². The molecule has 0 spiro atoms. The van der Waals surface area contributed by atoms with E-state index >= 15 is 0 Å².